The SMILES string of the molecule is CCCCCCOc1cc2c3cc(OCCCCCC)c(OCCCCCC)cc3c3cc(OCCCCCCCC(=O)O)c(OCCCCCCCC(=O)O)cc3c2cc1OCCCCCC. The first kappa shape index (κ1) is 56.0. The molecular weight excluding hydrogens is 857 g/mol. The smallest absolute Gasteiger partial charge is 0.303 e. The van der Waals surface area contributed by atoms with Gasteiger partial charge in [0.15, 0.2) is 34.5 Å². The van der Waals surface area contributed by atoms with Crippen LogP contribution >= 0.6 is 0 Å². The van der Waals surface area contributed by atoms with Gasteiger partial charge in [0, 0.05) is 12.8 Å². The number of carboxylic acids is 2. The molecule has 68 heavy (non-hydrogen) atoms. The van der Waals surface area contributed by atoms with Gasteiger partial charge in [0.05, 0.1) is 39.6 Å². The van der Waals surface area contributed by atoms with Crippen LogP contribution in [0.3, 0.4) is 0 Å². The van der Waals surface area contributed by atoms with Crippen molar-refractivity contribution in [3.8, 4) is 34.5 Å². The van der Waals surface area contributed by atoms with Crippen molar-refractivity contribution in [1.29, 1.82) is 0 Å². The fourth-order valence-electron chi connectivity index (χ4n) is 8.72. The maximum atomic E-state index is 11.0. The van der Waals surface area contributed by atoms with Gasteiger partial charge in [-0.15, -0.1) is 0 Å². The number of hydrogen-bond acceptors (Lipinski definition) is 8. The first-order chi connectivity index (χ1) is 33.3. The summed E-state index contributed by atoms with van der Waals surface area (Å²) in [6.45, 7) is 12.4. The van der Waals surface area contributed by atoms with E-state index in [2.05, 4.69) is 64.1 Å². The quantitative estimate of drug-likeness (QED) is 0.0327. The molecule has 0 unspecified atom stereocenters. The molecular formula is C58H88O10. The minimum absolute atomic E-state index is 0.206. The number of aliphatic carboxylic acids is 2. The maximum absolute atomic E-state index is 11.0. The highest BCUT2D eigenvalue weighted by molar-refractivity contribution is 6.26. The highest BCUT2D eigenvalue weighted by atomic mass is 16.5. The molecule has 0 saturated heterocycles. The van der Waals surface area contributed by atoms with E-state index in [1.165, 1.54) is 25.7 Å². The van der Waals surface area contributed by atoms with E-state index in [9.17, 15) is 9.59 Å². The number of unbranched alkanes of at least 4 members (excludes halogenated alkanes) is 20. The van der Waals surface area contributed by atoms with Gasteiger partial charge in [-0.2, -0.15) is 0 Å². The fourth-order valence-corrected chi connectivity index (χ4v) is 8.72. The van der Waals surface area contributed by atoms with Crippen molar-refractivity contribution in [3.05, 3.63) is 36.4 Å². The largest absolute Gasteiger partial charge is 0.490 e. The van der Waals surface area contributed by atoms with E-state index in [1.807, 2.05) is 0 Å². The predicted molar refractivity (Wildman–Crippen MR) is 279 cm³/mol. The molecule has 0 saturated carbocycles. The van der Waals surface area contributed by atoms with Gasteiger partial charge in [-0.25, -0.2) is 0 Å². The van der Waals surface area contributed by atoms with Gasteiger partial charge in [0.2, 0.25) is 0 Å². The molecule has 0 heterocycles. The topological polar surface area (TPSA) is 130 Å². The van der Waals surface area contributed by atoms with Crippen molar-refractivity contribution in [2.75, 3.05) is 39.6 Å². The lowest BCUT2D eigenvalue weighted by molar-refractivity contribution is -0.138. The van der Waals surface area contributed by atoms with Crippen LogP contribution in [0.25, 0.3) is 32.3 Å². The summed E-state index contributed by atoms with van der Waals surface area (Å²) in [5.41, 5.74) is 0. The third-order valence-electron chi connectivity index (χ3n) is 12.7. The summed E-state index contributed by atoms with van der Waals surface area (Å²) in [6, 6.07) is 13.0. The Kier molecular flexibility index (Phi) is 27.8. The Balaban J connectivity index is 1.87. The molecule has 0 aromatic heterocycles. The van der Waals surface area contributed by atoms with Crippen LogP contribution in [-0.4, -0.2) is 61.8 Å². The van der Waals surface area contributed by atoms with Crippen molar-refractivity contribution < 1.29 is 48.2 Å². The molecule has 0 aliphatic carbocycles. The van der Waals surface area contributed by atoms with Crippen LogP contribution in [0.4, 0.5) is 0 Å². The van der Waals surface area contributed by atoms with Gasteiger partial charge < -0.3 is 38.6 Å². The van der Waals surface area contributed by atoms with Crippen molar-refractivity contribution in [2.45, 2.75) is 207 Å². The first-order valence-corrected chi connectivity index (χ1v) is 27.1. The number of ether oxygens (including phenoxy) is 6. The Labute approximate surface area is 409 Å². The highest BCUT2D eigenvalue weighted by Crippen LogP contribution is 2.47. The van der Waals surface area contributed by atoms with Crippen LogP contribution in [0, 0.1) is 0 Å². The predicted octanol–water partition coefficient (Wildman–Crippen LogP) is 16.6. The average Bonchev–Trinajstić information content (AvgIpc) is 3.33. The van der Waals surface area contributed by atoms with Crippen LogP contribution in [-0.2, 0) is 9.59 Å². The summed E-state index contributed by atoms with van der Waals surface area (Å²) in [7, 11) is 0. The normalized spacial score (nSPS) is 11.4. The standard InChI is InChI=1S/C58H88O10/c1-5-9-13-25-33-63-51-39-45-46-40-52(64-34-26-14-10-6-2)54(66-36-28-16-12-8-4)42-48(46)50-44-56(68-38-30-22-18-20-24-32-58(61)62)55(67-37-29-21-17-19-23-31-57(59)60)43-49(50)47(45)41-53(51)65-35-27-15-11-7-3/h39-44H,5-38H2,1-4H3,(H,59,60)(H,61,62). The zero-order valence-corrected chi connectivity index (χ0v) is 42.7. The number of carboxylic acid groups (broad SMARTS) is 2. The Hall–Kier alpha value is -4.60. The lowest BCUT2D eigenvalue weighted by Gasteiger charge is -2.21. The molecule has 0 fully saturated rings. The van der Waals surface area contributed by atoms with E-state index in [0.717, 1.165) is 184 Å². The summed E-state index contributed by atoms with van der Waals surface area (Å²) in [5, 5.41) is 24.3. The third kappa shape index (κ3) is 20.2. The average molecular weight is 945 g/mol. The van der Waals surface area contributed by atoms with Crippen LogP contribution in [0.1, 0.15) is 207 Å². The van der Waals surface area contributed by atoms with Crippen molar-refractivity contribution in [2.24, 2.45) is 0 Å². The fraction of sp³-hybridized carbons (Fsp3) is 0.655. The second kappa shape index (κ2) is 33.8. The Morgan fingerprint density at radius 3 is 0.662 bits per heavy atom. The zero-order valence-electron chi connectivity index (χ0n) is 42.7. The molecule has 2 N–H and O–H groups in total. The summed E-state index contributed by atoms with van der Waals surface area (Å²) in [5.74, 6) is 2.89. The Morgan fingerprint density at radius 2 is 0.471 bits per heavy atom. The van der Waals surface area contributed by atoms with E-state index >= 15 is 0 Å². The molecule has 10 nitrogen and oxygen atoms in total. The molecule has 4 aromatic carbocycles. The molecule has 0 spiro atoms. The number of rotatable bonds is 42. The minimum atomic E-state index is -0.745. The molecule has 0 bridgehead atoms. The lowest BCUT2D eigenvalue weighted by Crippen LogP contribution is -2.05. The molecule has 0 radical (unpaired) electrons. The van der Waals surface area contributed by atoms with Gasteiger partial charge in [-0.05, 0) is 120 Å². The summed E-state index contributed by atoms with van der Waals surface area (Å²) in [6.07, 6.45) is 26.8. The second-order valence-electron chi connectivity index (χ2n) is 18.7. The van der Waals surface area contributed by atoms with Gasteiger partial charge >= 0.3 is 11.9 Å². The van der Waals surface area contributed by atoms with E-state index in [4.69, 9.17) is 38.6 Å². The molecule has 10 heteroatoms. The molecule has 4 aromatic rings. The van der Waals surface area contributed by atoms with E-state index in [0.29, 0.717) is 64.0 Å². The van der Waals surface area contributed by atoms with E-state index in [-0.39, 0.29) is 12.8 Å². The maximum Gasteiger partial charge on any atom is 0.303 e. The molecule has 0 aliphatic rings. The molecule has 380 valence electrons. The number of carbonyl (C=O) groups is 2. The van der Waals surface area contributed by atoms with Gasteiger partial charge in [0.25, 0.3) is 0 Å². The Morgan fingerprint density at radius 1 is 0.294 bits per heavy atom. The van der Waals surface area contributed by atoms with Crippen LogP contribution in [0.2, 0.25) is 0 Å². The number of fused-ring (bicyclic) bond motifs is 6. The summed E-state index contributed by atoms with van der Waals surface area (Å²) >= 11 is 0. The van der Waals surface area contributed by atoms with Crippen molar-refractivity contribution >= 4 is 44.3 Å². The number of hydrogen-bond donors (Lipinski definition) is 2. The van der Waals surface area contributed by atoms with Crippen molar-refractivity contribution in [3.63, 3.8) is 0 Å². The zero-order chi connectivity index (χ0) is 48.6. The van der Waals surface area contributed by atoms with E-state index < -0.39 is 11.9 Å². The van der Waals surface area contributed by atoms with E-state index in [1.54, 1.807) is 0 Å². The minimum Gasteiger partial charge on any atom is -0.490 e. The third-order valence-corrected chi connectivity index (χ3v) is 12.7. The molecule has 0 aliphatic heterocycles. The van der Waals surface area contributed by atoms with Gasteiger partial charge in [0.1, 0.15) is 0 Å². The highest BCUT2D eigenvalue weighted by Gasteiger charge is 2.21. The van der Waals surface area contributed by atoms with Gasteiger partial charge in [-0.1, -0.05) is 143 Å². The van der Waals surface area contributed by atoms with Crippen LogP contribution < -0.4 is 28.4 Å². The summed E-state index contributed by atoms with van der Waals surface area (Å²) < 4.78 is 39.9. The van der Waals surface area contributed by atoms with Crippen molar-refractivity contribution in [1.82, 2.24) is 0 Å². The lowest BCUT2D eigenvalue weighted by atomic mass is 9.93. The van der Waals surface area contributed by atoms with Crippen LogP contribution in [0.5, 0.6) is 34.5 Å². The summed E-state index contributed by atoms with van der Waals surface area (Å²) in [4.78, 5) is 22.1. The second-order valence-corrected chi connectivity index (χ2v) is 18.7. The molecule has 0 atom stereocenters. The van der Waals surface area contributed by atoms with Crippen LogP contribution in [0.15, 0.2) is 36.4 Å². The monoisotopic (exact) mass is 945 g/mol. The van der Waals surface area contributed by atoms with Gasteiger partial charge in [-0.3, -0.25) is 9.59 Å². The Bertz CT molecular complexity index is 1900. The molecule has 4 rings (SSSR count). The number of benzene rings is 4. The molecule has 0 amide bonds. The first-order valence-electron chi connectivity index (χ1n) is 27.1.